The monoisotopic (exact) mass is 456 g/mol. The van der Waals surface area contributed by atoms with E-state index in [1.807, 2.05) is 0 Å². The molecular weight excluding hydrogens is 428 g/mol. The number of hydrogen-bond acceptors (Lipinski definition) is 7. The number of hydrogen-bond donors (Lipinski definition) is 3. The first-order chi connectivity index (χ1) is 15.8. The van der Waals surface area contributed by atoms with E-state index in [0.717, 1.165) is 7.11 Å². The minimum absolute atomic E-state index is 0.153. The standard InChI is InChI=1S/C24H28N2O7/c1-15(14-18(27)32-2)19(24(31)33-3)25-23(30)21(28)20(16-10-6-4-7-11-16)26-22(29)17-12-8-5-9-13-17/h4-13,15,19-21,28H,14H2,1-3H3,(H,25,30)(H,26,29)/t15-,19+,20+,21-/m1/s1. The Balaban J connectivity index is 2.25. The lowest BCUT2D eigenvalue weighted by atomic mass is 9.96. The van der Waals surface area contributed by atoms with Gasteiger partial charge in [-0.05, 0) is 23.6 Å². The quantitative estimate of drug-likeness (QED) is 0.460. The lowest BCUT2D eigenvalue weighted by Gasteiger charge is -2.27. The van der Waals surface area contributed by atoms with Gasteiger partial charge < -0.3 is 25.2 Å². The number of benzene rings is 2. The van der Waals surface area contributed by atoms with Gasteiger partial charge in [0.05, 0.1) is 26.7 Å². The minimum atomic E-state index is -1.74. The highest BCUT2D eigenvalue weighted by atomic mass is 16.5. The summed E-state index contributed by atoms with van der Waals surface area (Å²) in [5, 5.41) is 16.0. The van der Waals surface area contributed by atoms with E-state index >= 15 is 0 Å². The highest BCUT2D eigenvalue weighted by Crippen LogP contribution is 2.19. The molecule has 4 atom stereocenters. The zero-order valence-electron chi connectivity index (χ0n) is 18.7. The van der Waals surface area contributed by atoms with Gasteiger partial charge in [0.25, 0.3) is 11.8 Å². The summed E-state index contributed by atoms with van der Waals surface area (Å²) in [4.78, 5) is 49.5. The van der Waals surface area contributed by atoms with Gasteiger partial charge in [-0.15, -0.1) is 0 Å². The highest BCUT2D eigenvalue weighted by molar-refractivity contribution is 5.95. The molecule has 176 valence electrons. The maximum Gasteiger partial charge on any atom is 0.328 e. The van der Waals surface area contributed by atoms with E-state index in [4.69, 9.17) is 4.74 Å². The molecule has 0 fully saturated rings. The summed E-state index contributed by atoms with van der Waals surface area (Å²) < 4.78 is 9.36. The average Bonchev–Trinajstić information content (AvgIpc) is 2.85. The number of carbonyl (C=O) groups is 4. The number of esters is 2. The van der Waals surface area contributed by atoms with E-state index in [-0.39, 0.29) is 6.42 Å². The van der Waals surface area contributed by atoms with Gasteiger partial charge >= 0.3 is 11.9 Å². The second kappa shape index (κ2) is 12.4. The van der Waals surface area contributed by atoms with Crippen LogP contribution in [0.5, 0.6) is 0 Å². The molecule has 9 nitrogen and oxygen atoms in total. The maximum atomic E-state index is 12.9. The van der Waals surface area contributed by atoms with Crippen LogP contribution in [0, 0.1) is 5.92 Å². The van der Waals surface area contributed by atoms with Gasteiger partial charge in [-0.2, -0.15) is 0 Å². The summed E-state index contributed by atoms with van der Waals surface area (Å²) in [5.41, 5.74) is 0.840. The lowest BCUT2D eigenvalue weighted by Crippen LogP contribution is -2.52. The molecule has 0 heterocycles. The molecule has 2 aromatic carbocycles. The number of aliphatic hydroxyl groups excluding tert-OH is 1. The van der Waals surface area contributed by atoms with Crippen molar-refractivity contribution in [1.82, 2.24) is 10.6 Å². The topological polar surface area (TPSA) is 131 Å². The molecule has 0 aliphatic carbocycles. The van der Waals surface area contributed by atoms with Crippen molar-refractivity contribution in [1.29, 1.82) is 0 Å². The summed E-state index contributed by atoms with van der Waals surface area (Å²) in [6.07, 6.45) is -1.89. The molecule has 2 rings (SSSR count). The van der Waals surface area contributed by atoms with Gasteiger partial charge in [-0.25, -0.2) is 4.79 Å². The SMILES string of the molecule is COC(=O)C[C@@H](C)[C@H](NC(=O)[C@H](O)[C@@H](NC(=O)c1ccccc1)c1ccccc1)C(=O)OC. The molecule has 2 amide bonds. The highest BCUT2D eigenvalue weighted by Gasteiger charge is 2.35. The molecule has 0 saturated carbocycles. The third kappa shape index (κ3) is 7.15. The zero-order valence-corrected chi connectivity index (χ0v) is 18.7. The van der Waals surface area contributed by atoms with E-state index in [9.17, 15) is 24.3 Å². The summed E-state index contributed by atoms with van der Waals surface area (Å²) in [6.45, 7) is 1.57. The first-order valence-electron chi connectivity index (χ1n) is 10.3. The van der Waals surface area contributed by atoms with E-state index in [0.29, 0.717) is 11.1 Å². The molecule has 0 saturated heterocycles. The smallest absolute Gasteiger partial charge is 0.328 e. The second-order valence-corrected chi connectivity index (χ2v) is 7.44. The molecule has 0 aliphatic rings. The van der Waals surface area contributed by atoms with Gasteiger partial charge in [0, 0.05) is 5.56 Å². The fourth-order valence-electron chi connectivity index (χ4n) is 3.23. The second-order valence-electron chi connectivity index (χ2n) is 7.44. The fourth-order valence-corrected chi connectivity index (χ4v) is 3.23. The predicted molar refractivity (Wildman–Crippen MR) is 119 cm³/mol. The molecule has 0 radical (unpaired) electrons. The van der Waals surface area contributed by atoms with Gasteiger partial charge in [0.15, 0.2) is 6.10 Å². The Bertz CT molecular complexity index is 950. The minimum Gasteiger partial charge on any atom is -0.469 e. The van der Waals surface area contributed by atoms with Gasteiger partial charge in [0.1, 0.15) is 6.04 Å². The van der Waals surface area contributed by atoms with Crippen LogP contribution in [-0.4, -0.2) is 55.2 Å². The number of ether oxygens (including phenoxy) is 2. The van der Waals surface area contributed by atoms with Crippen molar-refractivity contribution in [2.24, 2.45) is 5.92 Å². The molecule has 3 N–H and O–H groups in total. The first kappa shape index (κ1) is 25.5. The summed E-state index contributed by atoms with van der Waals surface area (Å²) >= 11 is 0. The summed E-state index contributed by atoms with van der Waals surface area (Å²) in [5.74, 6) is -3.42. The molecule has 0 unspecified atom stereocenters. The fraction of sp³-hybridized carbons (Fsp3) is 0.333. The van der Waals surface area contributed by atoms with Crippen LogP contribution < -0.4 is 10.6 Å². The largest absolute Gasteiger partial charge is 0.469 e. The van der Waals surface area contributed by atoms with Gasteiger partial charge in [-0.1, -0.05) is 55.5 Å². The van der Waals surface area contributed by atoms with Crippen LogP contribution in [-0.2, 0) is 23.9 Å². The molecule has 2 aromatic rings. The van der Waals surface area contributed by atoms with Crippen molar-refractivity contribution >= 4 is 23.8 Å². The molecule has 0 spiro atoms. The number of aliphatic hydroxyl groups is 1. The lowest BCUT2D eigenvalue weighted by molar-refractivity contribution is -0.149. The van der Waals surface area contributed by atoms with E-state index in [1.54, 1.807) is 67.6 Å². The van der Waals surface area contributed by atoms with Crippen LogP contribution >= 0.6 is 0 Å². The average molecular weight is 456 g/mol. The van der Waals surface area contributed by atoms with Crippen molar-refractivity contribution in [3.63, 3.8) is 0 Å². The van der Waals surface area contributed by atoms with Crippen LogP contribution in [0.1, 0.15) is 35.3 Å². The van der Waals surface area contributed by atoms with E-state index < -0.39 is 47.9 Å². The van der Waals surface area contributed by atoms with Crippen LogP contribution in [0.3, 0.4) is 0 Å². The van der Waals surface area contributed by atoms with Crippen molar-refractivity contribution in [2.75, 3.05) is 14.2 Å². The number of rotatable bonds is 10. The van der Waals surface area contributed by atoms with Crippen LogP contribution in [0.2, 0.25) is 0 Å². The van der Waals surface area contributed by atoms with Crippen molar-refractivity contribution in [2.45, 2.75) is 31.5 Å². The molecule has 9 heteroatoms. The number of carbonyl (C=O) groups excluding carboxylic acids is 4. The molecule has 33 heavy (non-hydrogen) atoms. The normalized spacial score (nSPS) is 14.2. The third-order valence-electron chi connectivity index (χ3n) is 5.10. The Morgan fingerprint density at radius 2 is 1.45 bits per heavy atom. The van der Waals surface area contributed by atoms with Gasteiger partial charge in [-0.3, -0.25) is 14.4 Å². The third-order valence-corrected chi connectivity index (χ3v) is 5.10. The predicted octanol–water partition coefficient (Wildman–Crippen LogP) is 1.38. The van der Waals surface area contributed by atoms with Gasteiger partial charge in [0.2, 0.25) is 0 Å². The molecule has 0 bridgehead atoms. The number of amides is 2. The number of nitrogens with one attached hydrogen (secondary N) is 2. The number of methoxy groups -OCH3 is 2. The van der Waals surface area contributed by atoms with Crippen molar-refractivity contribution in [3.05, 3.63) is 71.8 Å². The Labute approximate surface area is 192 Å². The Morgan fingerprint density at radius 3 is 2.00 bits per heavy atom. The Kier molecular flexibility index (Phi) is 9.56. The zero-order chi connectivity index (χ0) is 24.4. The summed E-state index contributed by atoms with van der Waals surface area (Å²) in [6, 6.07) is 14.5. The van der Waals surface area contributed by atoms with E-state index in [2.05, 4.69) is 15.4 Å². The molecule has 0 aliphatic heterocycles. The van der Waals surface area contributed by atoms with E-state index in [1.165, 1.54) is 7.11 Å². The molecule has 0 aromatic heterocycles. The Hall–Kier alpha value is -3.72. The summed E-state index contributed by atoms with van der Waals surface area (Å²) in [7, 11) is 2.36. The Morgan fingerprint density at radius 1 is 0.879 bits per heavy atom. The molecular formula is C24H28N2O7. The van der Waals surface area contributed by atoms with Crippen LogP contribution in [0.4, 0.5) is 0 Å². The van der Waals surface area contributed by atoms with Crippen LogP contribution in [0.15, 0.2) is 60.7 Å². The van der Waals surface area contributed by atoms with Crippen molar-refractivity contribution in [3.8, 4) is 0 Å². The van der Waals surface area contributed by atoms with Crippen molar-refractivity contribution < 1.29 is 33.8 Å². The first-order valence-corrected chi connectivity index (χ1v) is 10.3. The van der Waals surface area contributed by atoms with Crippen LogP contribution in [0.25, 0.3) is 0 Å². The maximum absolute atomic E-state index is 12.9.